The van der Waals surface area contributed by atoms with Gasteiger partial charge in [0.05, 0.1) is 10.6 Å². The number of anilines is 1. The number of carbonyl (C=O) groups is 2. The lowest BCUT2D eigenvalue weighted by Crippen LogP contribution is -2.49. The van der Waals surface area contributed by atoms with Crippen LogP contribution in [0.15, 0.2) is 71.6 Å². The van der Waals surface area contributed by atoms with E-state index in [1.54, 1.807) is 17.0 Å². The molecule has 1 atom stereocenters. The summed E-state index contributed by atoms with van der Waals surface area (Å²) in [5.41, 5.74) is 1.60. The van der Waals surface area contributed by atoms with Crippen molar-refractivity contribution in [2.45, 2.75) is 63.4 Å². The first-order valence-electron chi connectivity index (χ1n) is 13.0. The van der Waals surface area contributed by atoms with Gasteiger partial charge in [0, 0.05) is 31.4 Å². The standard InChI is InChI=1S/C29H35N3O4S/c1-3-5-19-30-29(34)24(4-2)31(21-22-12-7-6-8-13-22)27(33)18-11-20-32-25-16-9-14-23-15-10-17-26(28(23)25)37(32,35)36/h6-10,12-17,24H,3-5,11,18-21H2,1-2H3,(H,30,34)/t24-/m0/s1. The third-order valence-corrected chi connectivity index (χ3v) is 8.70. The lowest BCUT2D eigenvalue weighted by molar-refractivity contribution is -0.141. The molecule has 0 fully saturated rings. The number of carbonyl (C=O) groups excluding carboxylic acids is 2. The van der Waals surface area contributed by atoms with E-state index in [9.17, 15) is 18.0 Å². The molecular weight excluding hydrogens is 486 g/mol. The van der Waals surface area contributed by atoms with E-state index in [0.717, 1.165) is 29.2 Å². The van der Waals surface area contributed by atoms with Crippen LogP contribution < -0.4 is 9.62 Å². The number of amides is 2. The zero-order valence-electron chi connectivity index (χ0n) is 21.5. The molecule has 0 bridgehead atoms. The third kappa shape index (κ3) is 5.64. The summed E-state index contributed by atoms with van der Waals surface area (Å²) in [5, 5.41) is 4.58. The molecule has 196 valence electrons. The molecule has 3 aromatic carbocycles. The highest BCUT2D eigenvalue weighted by Crippen LogP contribution is 2.42. The van der Waals surface area contributed by atoms with Crippen molar-refractivity contribution in [3.8, 4) is 0 Å². The summed E-state index contributed by atoms with van der Waals surface area (Å²) in [6.07, 6.45) is 2.84. The number of hydrogen-bond acceptors (Lipinski definition) is 4. The maximum Gasteiger partial charge on any atom is 0.265 e. The van der Waals surface area contributed by atoms with Crippen LogP contribution in [0.25, 0.3) is 10.8 Å². The van der Waals surface area contributed by atoms with Crippen LogP contribution in [0.5, 0.6) is 0 Å². The van der Waals surface area contributed by atoms with Gasteiger partial charge < -0.3 is 10.2 Å². The summed E-state index contributed by atoms with van der Waals surface area (Å²) in [4.78, 5) is 28.5. The highest BCUT2D eigenvalue weighted by molar-refractivity contribution is 7.93. The maximum absolute atomic E-state index is 13.5. The lowest BCUT2D eigenvalue weighted by atomic mass is 10.1. The summed E-state index contributed by atoms with van der Waals surface area (Å²) >= 11 is 0. The molecule has 1 aliphatic rings. The Morgan fingerprint density at radius 1 is 0.946 bits per heavy atom. The van der Waals surface area contributed by atoms with Crippen LogP contribution in [0.1, 0.15) is 51.5 Å². The zero-order chi connectivity index (χ0) is 26.4. The van der Waals surface area contributed by atoms with E-state index in [-0.39, 0.29) is 24.8 Å². The first-order valence-corrected chi connectivity index (χ1v) is 14.5. The van der Waals surface area contributed by atoms with Crippen molar-refractivity contribution in [3.63, 3.8) is 0 Å². The van der Waals surface area contributed by atoms with E-state index in [4.69, 9.17) is 0 Å². The van der Waals surface area contributed by atoms with E-state index in [1.807, 2.05) is 61.5 Å². The Morgan fingerprint density at radius 3 is 2.38 bits per heavy atom. The molecule has 0 aliphatic carbocycles. The van der Waals surface area contributed by atoms with Crippen molar-refractivity contribution >= 4 is 38.3 Å². The molecule has 8 heteroatoms. The van der Waals surface area contributed by atoms with Gasteiger partial charge in [-0.1, -0.05) is 74.9 Å². The summed E-state index contributed by atoms with van der Waals surface area (Å²) < 4.78 is 27.9. The molecule has 7 nitrogen and oxygen atoms in total. The highest BCUT2D eigenvalue weighted by atomic mass is 32.2. The van der Waals surface area contributed by atoms with Gasteiger partial charge in [-0.3, -0.25) is 13.9 Å². The van der Waals surface area contributed by atoms with Crippen molar-refractivity contribution in [3.05, 3.63) is 72.3 Å². The molecule has 0 aromatic heterocycles. The van der Waals surface area contributed by atoms with Crippen molar-refractivity contribution < 1.29 is 18.0 Å². The van der Waals surface area contributed by atoms with Crippen LogP contribution in [0.2, 0.25) is 0 Å². The number of benzene rings is 3. The van der Waals surface area contributed by atoms with Crippen molar-refractivity contribution in [2.24, 2.45) is 0 Å². The molecule has 0 radical (unpaired) electrons. The Balaban J connectivity index is 1.49. The van der Waals surface area contributed by atoms with Gasteiger partial charge in [-0.2, -0.15) is 0 Å². The van der Waals surface area contributed by atoms with E-state index in [0.29, 0.717) is 36.5 Å². The van der Waals surface area contributed by atoms with Gasteiger partial charge in [-0.25, -0.2) is 8.42 Å². The number of nitrogens with zero attached hydrogens (tertiary/aromatic N) is 2. The van der Waals surface area contributed by atoms with Crippen LogP contribution in [0, 0.1) is 0 Å². The maximum atomic E-state index is 13.5. The minimum atomic E-state index is -3.67. The van der Waals surface area contributed by atoms with Crippen LogP contribution in [0.3, 0.4) is 0 Å². The second kappa shape index (κ2) is 11.8. The molecule has 1 heterocycles. The fraction of sp³-hybridized carbons (Fsp3) is 0.379. The first kappa shape index (κ1) is 26.7. The van der Waals surface area contributed by atoms with E-state index >= 15 is 0 Å². The monoisotopic (exact) mass is 521 g/mol. The minimum Gasteiger partial charge on any atom is -0.354 e. The number of rotatable bonds is 12. The predicted octanol–water partition coefficient (Wildman–Crippen LogP) is 4.85. The molecule has 0 saturated carbocycles. The van der Waals surface area contributed by atoms with Crippen LogP contribution in [-0.4, -0.2) is 44.3 Å². The Morgan fingerprint density at radius 2 is 1.68 bits per heavy atom. The Labute approximate surface area is 219 Å². The Kier molecular flexibility index (Phi) is 8.48. The number of unbranched alkanes of at least 4 members (excludes halogenated alkanes) is 1. The average molecular weight is 522 g/mol. The van der Waals surface area contributed by atoms with Gasteiger partial charge in [-0.05, 0) is 42.3 Å². The molecule has 4 rings (SSSR count). The smallest absolute Gasteiger partial charge is 0.265 e. The molecule has 0 saturated heterocycles. The second-order valence-corrected chi connectivity index (χ2v) is 11.2. The van der Waals surface area contributed by atoms with Crippen LogP contribution >= 0.6 is 0 Å². The second-order valence-electron chi connectivity index (χ2n) is 9.39. The van der Waals surface area contributed by atoms with Gasteiger partial charge in [0.25, 0.3) is 10.0 Å². The summed E-state index contributed by atoms with van der Waals surface area (Å²) in [7, 11) is -3.67. The molecule has 1 aliphatic heterocycles. The topological polar surface area (TPSA) is 86.8 Å². The molecule has 2 amide bonds. The Hall–Kier alpha value is -3.39. The van der Waals surface area contributed by atoms with Gasteiger partial charge in [0.2, 0.25) is 11.8 Å². The van der Waals surface area contributed by atoms with Crippen molar-refractivity contribution in [1.29, 1.82) is 0 Å². The van der Waals surface area contributed by atoms with E-state index in [2.05, 4.69) is 12.2 Å². The molecule has 3 aromatic rings. The first-order chi connectivity index (χ1) is 17.9. The van der Waals surface area contributed by atoms with Crippen LogP contribution in [0.4, 0.5) is 5.69 Å². The number of sulfonamides is 1. The van der Waals surface area contributed by atoms with Gasteiger partial charge in [0.1, 0.15) is 6.04 Å². The molecule has 0 unspecified atom stereocenters. The van der Waals surface area contributed by atoms with Crippen molar-refractivity contribution in [1.82, 2.24) is 10.2 Å². The summed E-state index contributed by atoms with van der Waals surface area (Å²) in [6.45, 7) is 5.07. The quantitative estimate of drug-likeness (QED) is 0.345. The fourth-order valence-corrected chi connectivity index (χ4v) is 6.67. The Bertz CT molecular complexity index is 1350. The SMILES string of the molecule is CCCCNC(=O)[C@H](CC)N(Cc1ccccc1)C(=O)CCCN1c2cccc3cccc(c23)S1(=O)=O. The fourth-order valence-electron chi connectivity index (χ4n) is 4.92. The lowest BCUT2D eigenvalue weighted by Gasteiger charge is -2.31. The van der Waals surface area contributed by atoms with Crippen molar-refractivity contribution in [2.75, 3.05) is 17.4 Å². The predicted molar refractivity (Wildman–Crippen MR) is 147 cm³/mol. The van der Waals surface area contributed by atoms with E-state index in [1.165, 1.54) is 4.31 Å². The third-order valence-electron chi connectivity index (χ3n) is 6.84. The minimum absolute atomic E-state index is 0.143. The zero-order valence-corrected chi connectivity index (χ0v) is 22.3. The normalized spacial score (nSPS) is 14.5. The molecular formula is C29H35N3O4S. The molecule has 0 spiro atoms. The van der Waals surface area contributed by atoms with Crippen LogP contribution in [-0.2, 0) is 26.2 Å². The molecule has 1 N–H and O–H groups in total. The highest BCUT2D eigenvalue weighted by Gasteiger charge is 2.35. The summed E-state index contributed by atoms with van der Waals surface area (Å²) in [6, 6.07) is 19.9. The summed E-state index contributed by atoms with van der Waals surface area (Å²) in [5.74, 6) is -0.307. The van der Waals surface area contributed by atoms with Gasteiger partial charge in [-0.15, -0.1) is 0 Å². The van der Waals surface area contributed by atoms with E-state index < -0.39 is 16.1 Å². The van der Waals surface area contributed by atoms with Gasteiger partial charge in [0.15, 0.2) is 0 Å². The average Bonchev–Trinajstić information content (AvgIpc) is 3.12. The largest absolute Gasteiger partial charge is 0.354 e. The number of nitrogens with one attached hydrogen (secondary N) is 1. The molecule has 37 heavy (non-hydrogen) atoms. The van der Waals surface area contributed by atoms with Gasteiger partial charge >= 0.3 is 0 Å². The number of hydrogen-bond donors (Lipinski definition) is 1.